The molecule has 0 aliphatic carbocycles. The summed E-state index contributed by atoms with van der Waals surface area (Å²) in [6.45, 7) is 7.17. The number of piperidine rings is 1. The minimum Gasteiger partial charge on any atom is -0.493 e. The van der Waals surface area contributed by atoms with E-state index in [1.54, 1.807) is 25.1 Å². The van der Waals surface area contributed by atoms with Crippen LogP contribution in [0.25, 0.3) is 0 Å². The number of hydrogen-bond donors (Lipinski definition) is 1. The van der Waals surface area contributed by atoms with Gasteiger partial charge in [-0.05, 0) is 75.9 Å². The van der Waals surface area contributed by atoms with Crippen LogP contribution in [-0.2, 0) is 20.7 Å². The molecule has 0 saturated carbocycles. The number of likely N-dealkylation sites (tertiary alicyclic amines) is 1. The van der Waals surface area contributed by atoms with Crippen LogP contribution in [0.2, 0.25) is 0 Å². The van der Waals surface area contributed by atoms with Crippen LogP contribution in [0, 0.1) is 0 Å². The molecule has 37 heavy (non-hydrogen) atoms. The topological polar surface area (TPSA) is 77.1 Å². The van der Waals surface area contributed by atoms with Crippen molar-refractivity contribution in [3.05, 3.63) is 65.2 Å². The molecule has 0 bridgehead atoms. The highest BCUT2D eigenvalue weighted by atomic mass is 16.5. The highest BCUT2D eigenvalue weighted by molar-refractivity contribution is 5.93. The number of carbonyl (C=O) groups excluding carboxylic acids is 2. The lowest BCUT2D eigenvalue weighted by Crippen LogP contribution is -2.54. The first-order valence-electron chi connectivity index (χ1n) is 13.7. The van der Waals surface area contributed by atoms with Crippen LogP contribution in [-0.4, -0.2) is 61.8 Å². The van der Waals surface area contributed by atoms with Crippen molar-refractivity contribution < 1.29 is 23.8 Å². The molecule has 2 saturated heterocycles. The average Bonchev–Trinajstić information content (AvgIpc) is 3.44. The van der Waals surface area contributed by atoms with Gasteiger partial charge in [-0.25, -0.2) is 4.79 Å². The van der Waals surface area contributed by atoms with Crippen LogP contribution < -0.4 is 10.1 Å². The van der Waals surface area contributed by atoms with Crippen molar-refractivity contribution >= 4 is 11.9 Å². The summed E-state index contributed by atoms with van der Waals surface area (Å²) in [7, 11) is 0. The van der Waals surface area contributed by atoms with Gasteiger partial charge in [0.25, 0.3) is 0 Å². The smallest absolute Gasteiger partial charge is 0.341 e. The molecule has 4 rings (SSSR count). The summed E-state index contributed by atoms with van der Waals surface area (Å²) in [4.78, 5) is 28.3. The molecule has 0 aromatic heterocycles. The lowest BCUT2D eigenvalue weighted by molar-refractivity contribution is -0.122. The Hall–Kier alpha value is -2.90. The molecule has 1 amide bonds. The molecule has 7 heteroatoms. The Balaban J connectivity index is 1.57. The van der Waals surface area contributed by atoms with Gasteiger partial charge in [-0.2, -0.15) is 0 Å². The van der Waals surface area contributed by atoms with Crippen molar-refractivity contribution in [1.29, 1.82) is 0 Å². The third kappa shape index (κ3) is 7.11. The normalized spacial score (nSPS) is 19.7. The van der Waals surface area contributed by atoms with Crippen molar-refractivity contribution in [2.75, 3.05) is 32.9 Å². The number of ether oxygens (including phenoxy) is 3. The first kappa shape index (κ1) is 27.1. The summed E-state index contributed by atoms with van der Waals surface area (Å²) in [5.74, 6) is -0.0522. The summed E-state index contributed by atoms with van der Waals surface area (Å²) in [6.07, 6.45) is 5.94. The van der Waals surface area contributed by atoms with Crippen molar-refractivity contribution in [2.45, 2.75) is 70.6 Å². The van der Waals surface area contributed by atoms with E-state index < -0.39 is 5.97 Å². The zero-order chi connectivity index (χ0) is 26.0. The van der Waals surface area contributed by atoms with E-state index in [-0.39, 0.29) is 30.5 Å². The van der Waals surface area contributed by atoms with E-state index in [0.717, 1.165) is 43.7 Å². The molecule has 7 nitrogen and oxygen atoms in total. The Morgan fingerprint density at radius 3 is 2.49 bits per heavy atom. The van der Waals surface area contributed by atoms with Crippen LogP contribution in [0.3, 0.4) is 0 Å². The Bertz CT molecular complexity index is 1020. The van der Waals surface area contributed by atoms with Crippen LogP contribution in [0.1, 0.15) is 73.5 Å². The number of nitrogens with one attached hydrogen (secondary N) is 1. The van der Waals surface area contributed by atoms with Gasteiger partial charge in [0.1, 0.15) is 11.3 Å². The maximum absolute atomic E-state index is 13.5. The Labute approximate surface area is 220 Å². The van der Waals surface area contributed by atoms with Gasteiger partial charge < -0.3 is 19.5 Å². The first-order valence-corrected chi connectivity index (χ1v) is 13.7. The molecular formula is C30H40N2O5. The first-order chi connectivity index (χ1) is 18.1. The number of benzene rings is 2. The summed E-state index contributed by atoms with van der Waals surface area (Å²) in [6, 6.07) is 15.4. The van der Waals surface area contributed by atoms with Crippen LogP contribution in [0.5, 0.6) is 5.75 Å². The SMILES string of the molecule is CCOC(=O)c1ccc(CC(=O)NC(c2ccccc2)C(C2CCCO2)N2CCCCC2)cc1OCC. The molecule has 2 fully saturated rings. The predicted octanol–water partition coefficient (Wildman–Crippen LogP) is 4.70. The molecule has 3 atom stereocenters. The Morgan fingerprint density at radius 2 is 1.81 bits per heavy atom. The summed E-state index contributed by atoms with van der Waals surface area (Å²) in [5.41, 5.74) is 2.25. The number of rotatable bonds is 11. The fourth-order valence-electron chi connectivity index (χ4n) is 5.51. The molecular weight excluding hydrogens is 468 g/mol. The molecule has 2 aliphatic heterocycles. The molecule has 2 aromatic carbocycles. The van der Waals surface area contributed by atoms with E-state index in [9.17, 15) is 9.59 Å². The van der Waals surface area contributed by atoms with Crippen molar-refractivity contribution in [3.8, 4) is 5.75 Å². The quantitative estimate of drug-likeness (QED) is 0.444. The number of esters is 1. The molecule has 2 aromatic rings. The van der Waals surface area contributed by atoms with Crippen molar-refractivity contribution in [2.24, 2.45) is 0 Å². The Kier molecular flexibility index (Phi) is 9.97. The van der Waals surface area contributed by atoms with Crippen molar-refractivity contribution in [1.82, 2.24) is 10.2 Å². The van der Waals surface area contributed by atoms with Gasteiger partial charge in [0.05, 0.1) is 37.8 Å². The van der Waals surface area contributed by atoms with E-state index >= 15 is 0 Å². The van der Waals surface area contributed by atoms with Crippen LogP contribution in [0.4, 0.5) is 0 Å². The van der Waals surface area contributed by atoms with Gasteiger partial charge >= 0.3 is 5.97 Å². The molecule has 2 aliphatic rings. The molecule has 3 unspecified atom stereocenters. The fraction of sp³-hybridized carbons (Fsp3) is 0.533. The predicted molar refractivity (Wildman–Crippen MR) is 143 cm³/mol. The Morgan fingerprint density at radius 1 is 1.03 bits per heavy atom. The zero-order valence-corrected chi connectivity index (χ0v) is 22.1. The number of carbonyl (C=O) groups is 2. The summed E-state index contributed by atoms with van der Waals surface area (Å²) in [5, 5.41) is 3.37. The largest absolute Gasteiger partial charge is 0.493 e. The zero-order valence-electron chi connectivity index (χ0n) is 22.1. The van der Waals surface area contributed by atoms with Crippen LogP contribution in [0.15, 0.2) is 48.5 Å². The number of hydrogen-bond acceptors (Lipinski definition) is 6. The van der Waals surface area contributed by atoms with E-state index in [2.05, 4.69) is 22.3 Å². The highest BCUT2D eigenvalue weighted by Gasteiger charge is 2.38. The number of amides is 1. The molecule has 2 heterocycles. The van der Waals surface area contributed by atoms with Gasteiger partial charge in [0.15, 0.2) is 0 Å². The van der Waals surface area contributed by atoms with E-state index in [0.29, 0.717) is 24.5 Å². The van der Waals surface area contributed by atoms with Crippen molar-refractivity contribution in [3.63, 3.8) is 0 Å². The third-order valence-corrected chi connectivity index (χ3v) is 7.18. The van der Waals surface area contributed by atoms with Gasteiger partial charge in [0.2, 0.25) is 5.91 Å². The van der Waals surface area contributed by atoms with Gasteiger partial charge in [-0.3, -0.25) is 9.69 Å². The van der Waals surface area contributed by atoms with E-state index in [1.165, 1.54) is 19.3 Å². The standard InChI is InChI=1S/C30H40N2O5/c1-3-35-26-20-22(15-16-24(26)30(34)36-4-2)21-27(33)31-28(23-12-7-5-8-13-23)29(25-14-11-19-37-25)32-17-9-6-10-18-32/h5,7-8,12-13,15-16,20,25,28-29H,3-4,6,9-11,14,17-19,21H2,1-2H3,(H,31,33). The monoisotopic (exact) mass is 508 g/mol. The van der Waals surface area contributed by atoms with Gasteiger partial charge in [-0.15, -0.1) is 0 Å². The van der Waals surface area contributed by atoms with Gasteiger partial charge in [-0.1, -0.05) is 42.8 Å². The summed E-state index contributed by atoms with van der Waals surface area (Å²) >= 11 is 0. The maximum Gasteiger partial charge on any atom is 0.341 e. The second-order valence-corrected chi connectivity index (χ2v) is 9.76. The molecule has 0 radical (unpaired) electrons. The summed E-state index contributed by atoms with van der Waals surface area (Å²) < 4.78 is 17.1. The minimum absolute atomic E-state index is 0.0693. The lowest BCUT2D eigenvalue weighted by atomic mass is 9.90. The lowest BCUT2D eigenvalue weighted by Gasteiger charge is -2.42. The highest BCUT2D eigenvalue weighted by Crippen LogP contribution is 2.32. The van der Waals surface area contributed by atoms with Gasteiger partial charge in [0, 0.05) is 6.61 Å². The second kappa shape index (κ2) is 13.6. The minimum atomic E-state index is -0.424. The molecule has 0 spiro atoms. The van der Waals surface area contributed by atoms with E-state index in [1.807, 2.05) is 25.1 Å². The second-order valence-electron chi connectivity index (χ2n) is 9.76. The molecule has 200 valence electrons. The molecule has 1 N–H and O–H groups in total. The van der Waals surface area contributed by atoms with Crippen LogP contribution >= 0.6 is 0 Å². The fourth-order valence-corrected chi connectivity index (χ4v) is 5.51. The van der Waals surface area contributed by atoms with E-state index in [4.69, 9.17) is 14.2 Å². The average molecular weight is 509 g/mol. The number of nitrogens with zero attached hydrogens (tertiary/aromatic N) is 1. The third-order valence-electron chi connectivity index (χ3n) is 7.18. The maximum atomic E-state index is 13.5.